The van der Waals surface area contributed by atoms with Gasteiger partial charge in [-0.05, 0) is 37.1 Å². The molecule has 2 amide bonds. The number of hydrogen-bond acceptors (Lipinski definition) is 3. The second kappa shape index (κ2) is 3.94. The summed E-state index contributed by atoms with van der Waals surface area (Å²) in [5.74, 6) is -0.986. The van der Waals surface area contributed by atoms with Crippen molar-refractivity contribution in [2.45, 2.75) is 18.9 Å². The van der Waals surface area contributed by atoms with Crippen molar-refractivity contribution in [2.24, 2.45) is 5.73 Å². The summed E-state index contributed by atoms with van der Waals surface area (Å²) in [7, 11) is 0. The SMILES string of the molecule is NC(=O)c1ccc(C(=O)N(O)C2CC2)cc1. The van der Waals surface area contributed by atoms with Crippen molar-refractivity contribution in [3.05, 3.63) is 35.4 Å². The van der Waals surface area contributed by atoms with Crippen molar-refractivity contribution in [1.29, 1.82) is 0 Å². The van der Waals surface area contributed by atoms with Crippen molar-refractivity contribution < 1.29 is 14.8 Å². The summed E-state index contributed by atoms with van der Waals surface area (Å²) in [4.78, 5) is 22.5. The van der Waals surface area contributed by atoms with Crippen LogP contribution in [0.5, 0.6) is 0 Å². The van der Waals surface area contributed by atoms with Gasteiger partial charge in [-0.15, -0.1) is 0 Å². The Kier molecular flexibility index (Phi) is 2.62. The van der Waals surface area contributed by atoms with Crippen LogP contribution in [0.3, 0.4) is 0 Å². The van der Waals surface area contributed by atoms with Crippen LogP contribution in [0.2, 0.25) is 0 Å². The standard InChI is InChI=1S/C11H12N2O3/c12-10(14)7-1-3-8(4-2-7)11(15)13(16)9-5-6-9/h1-4,9,16H,5-6H2,(H2,12,14). The third-order valence-corrected chi connectivity index (χ3v) is 2.52. The normalized spacial score (nSPS) is 14.6. The van der Waals surface area contributed by atoms with Crippen molar-refractivity contribution in [1.82, 2.24) is 5.06 Å². The maximum absolute atomic E-state index is 11.7. The van der Waals surface area contributed by atoms with Crippen molar-refractivity contribution in [3.63, 3.8) is 0 Å². The number of carbonyl (C=O) groups is 2. The number of nitrogens with zero attached hydrogens (tertiary/aromatic N) is 1. The highest BCUT2D eigenvalue weighted by Gasteiger charge is 2.32. The van der Waals surface area contributed by atoms with Gasteiger partial charge in [0.25, 0.3) is 5.91 Å². The molecule has 0 atom stereocenters. The van der Waals surface area contributed by atoms with Crippen LogP contribution in [0.15, 0.2) is 24.3 Å². The van der Waals surface area contributed by atoms with Crippen LogP contribution in [0.25, 0.3) is 0 Å². The lowest BCUT2D eigenvalue weighted by Gasteiger charge is -2.13. The van der Waals surface area contributed by atoms with Crippen molar-refractivity contribution in [3.8, 4) is 0 Å². The maximum atomic E-state index is 11.7. The molecule has 2 rings (SSSR count). The van der Waals surface area contributed by atoms with Gasteiger partial charge in [-0.3, -0.25) is 14.8 Å². The second-order valence-electron chi connectivity index (χ2n) is 3.82. The fraction of sp³-hybridized carbons (Fsp3) is 0.273. The lowest BCUT2D eigenvalue weighted by molar-refractivity contribution is -0.0648. The van der Waals surface area contributed by atoms with Gasteiger partial charge in [0.05, 0.1) is 6.04 Å². The van der Waals surface area contributed by atoms with Crippen LogP contribution in [-0.4, -0.2) is 28.1 Å². The molecule has 1 aromatic rings. The Hall–Kier alpha value is -1.88. The molecule has 16 heavy (non-hydrogen) atoms. The third-order valence-electron chi connectivity index (χ3n) is 2.52. The van der Waals surface area contributed by atoms with Crippen LogP contribution in [0, 0.1) is 0 Å². The van der Waals surface area contributed by atoms with E-state index >= 15 is 0 Å². The lowest BCUT2D eigenvalue weighted by Crippen LogP contribution is -2.29. The molecule has 1 fully saturated rings. The summed E-state index contributed by atoms with van der Waals surface area (Å²) in [5, 5.41) is 10.2. The molecule has 0 unspecified atom stereocenters. The average molecular weight is 220 g/mol. The van der Waals surface area contributed by atoms with Gasteiger partial charge in [0, 0.05) is 11.1 Å². The van der Waals surface area contributed by atoms with Gasteiger partial charge in [0.15, 0.2) is 0 Å². The van der Waals surface area contributed by atoms with E-state index in [1.165, 1.54) is 24.3 Å². The highest BCUT2D eigenvalue weighted by Crippen LogP contribution is 2.26. The van der Waals surface area contributed by atoms with E-state index in [1.54, 1.807) is 0 Å². The molecule has 0 heterocycles. The number of hydrogen-bond donors (Lipinski definition) is 2. The number of amides is 2. The maximum Gasteiger partial charge on any atom is 0.277 e. The van der Waals surface area contributed by atoms with Crippen LogP contribution < -0.4 is 5.73 Å². The zero-order valence-corrected chi connectivity index (χ0v) is 8.59. The van der Waals surface area contributed by atoms with E-state index in [1.807, 2.05) is 0 Å². The topological polar surface area (TPSA) is 83.6 Å². The first-order valence-corrected chi connectivity index (χ1v) is 5.02. The van der Waals surface area contributed by atoms with Gasteiger partial charge >= 0.3 is 0 Å². The molecule has 5 heteroatoms. The van der Waals surface area contributed by atoms with Gasteiger partial charge in [0.2, 0.25) is 5.91 Å². The van der Waals surface area contributed by atoms with Gasteiger partial charge in [-0.1, -0.05) is 0 Å². The summed E-state index contributed by atoms with van der Waals surface area (Å²) < 4.78 is 0. The molecule has 3 N–H and O–H groups in total. The Bertz CT molecular complexity index is 423. The average Bonchev–Trinajstić information content (AvgIpc) is 3.11. The van der Waals surface area contributed by atoms with Gasteiger partial charge in [-0.2, -0.15) is 0 Å². The van der Waals surface area contributed by atoms with E-state index in [9.17, 15) is 14.8 Å². The van der Waals surface area contributed by atoms with E-state index in [0.29, 0.717) is 11.1 Å². The number of primary amides is 1. The van der Waals surface area contributed by atoms with Crippen molar-refractivity contribution in [2.75, 3.05) is 0 Å². The molecule has 1 saturated carbocycles. The molecule has 0 saturated heterocycles. The largest absolute Gasteiger partial charge is 0.366 e. The summed E-state index contributed by atoms with van der Waals surface area (Å²) in [6, 6.07) is 5.84. The molecule has 1 aliphatic carbocycles. The highest BCUT2D eigenvalue weighted by atomic mass is 16.5. The monoisotopic (exact) mass is 220 g/mol. The predicted molar refractivity (Wildman–Crippen MR) is 55.9 cm³/mol. The molecule has 1 aromatic carbocycles. The number of benzene rings is 1. The highest BCUT2D eigenvalue weighted by molar-refractivity contribution is 5.96. The molecular weight excluding hydrogens is 208 g/mol. The molecule has 1 aliphatic rings. The molecular formula is C11H12N2O3. The molecule has 0 aliphatic heterocycles. The predicted octanol–water partition coefficient (Wildman–Crippen LogP) is 0.779. The molecule has 84 valence electrons. The van der Waals surface area contributed by atoms with Crippen LogP contribution in [-0.2, 0) is 0 Å². The first-order chi connectivity index (χ1) is 7.59. The zero-order chi connectivity index (χ0) is 11.7. The number of nitrogens with two attached hydrogens (primary N) is 1. The summed E-state index contributed by atoms with van der Waals surface area (Å²) in [6.07, 6.45) is 1.67. The Morgan fingerprint density at radius 2 is 1.69 bits per heavy atom. The summed E-state index contributed by atoms with van der Waals surface area (Å²) >= 11 is 0. The first-order valence-electron chi connectivity index (χ1n) is 5.02. The van der Waals surface area contributed by atoms with Gasteiger partial charge < -0.3 is 5.73 Å². The summed E-state index contributed by atoms with van der Waals surface area (Å²) in [5.41, 5.74) is 5.76. The summed E-state index contributed by atoms with van der Waals surface area (Å²) in [6.45, 7) is 0. The van der Waals surface area contributed by atoms with Gasteiger partial charge in [0.1, 0.15) is 0 Å². The zero-order valence-electron chi connectivity index (χ0n) is 8.59. The molecule has 0 bridgehead atoms. The quantitative estimate of drug-likeness (QED) is 0.583. The molecule has 5 nitrogen and oxygen atoms in total. The number of rotatable bonds is 3. The third kappa shape index (κ3) is 2.04. The minimum atomic E-state index is -0.540. The Balaban J connectivity index is 2.14. The Morgan fingerprint density at radius 3 is 2.12 bits per heavy atom. The number of carbonyl (C=O) groups excluding carboxylic acids is 2. The Labute approximate surface area is 92.4 Å². The van der Waals surface area contributed by atoms with E-state index in [2.05, 4.69) is 0 Å². The van der Waals surface area contributed by atoms with Crippen molar-refractivity contribution >= 4 is 11.8 Å². The molecule has 0 radical (unpaired) electrons. The minimum absolute atomic E-state index is 0.0525. The van der Waals surface area contributed by atoms with E-state index in [-0.39, 0.29) is 6.04 Å². The fourth-order valence-corrected chi connectivity index (χ4v) is 1.39. The molecule has 0 aromatic heterocycles. The van der Waals surface area contributed by atoms with E-state index in [4.69, 9.17) is 5.73 Å². The minimum Gasteiger partial charge on any atom is -0.366 e. The smallest absolute Gasteiger partial charge is 0.277 e. The van der Waals surface area contributed by atoms with Gasteiger partial charge in [-0.25, -0.2) is 5.06 Å². The van der Waals surface area contributed by atoms with Crippen LogP contribution in [0.4, 0.5) is 0 Å². The van der Waals surface area contributed by atoms with E-state index in [0.717, 1.165) is 17.9 Å². The van der Waals surface area contributed by atoms with Crippen LogP contribution >= 0.6 is 0 Å². The fourth-order valence-electron chi connectivity index (χ4n) is 1.39. The van der Waals surface area contributed by atoms with Crippen LogP contribution in [0.1, 0.15) is 33.6 Å². The first kappa shape index (κ1) is 10.6. The molecule has 0 spiro atoms. The van der Waals surface area contributed by atoms with E-state index < -0.39 is 11.8 Å². The number of hydroxylamine groups is 2. The lowest BCUT2D eigenvalue weighted by atomic mass is 10.1. The second-order valence-corrected chi connectivity index (χ2v) is 3.82. The Morgan fingerprint density at radius 1 is 1.19 bits per heavy atom.